The van der Waals surface area contributed by atoms with Crippen LogP contribution >= 0.6 is 0 Å². The Morgan fingerprint density at radius 2 is 0.902 bits per heavy atom. The molecule has 1 aliphatic rings. The van der Waals surface area contributed by atoms with Gasteiger partial charge in [0.1, 0.15) is 31.3 Å². The molecule has 0 saturated carbocycles. The molecule has 440 valence electrons. The number of allylic oxidation sites excluding steroid dienone is 5. The normalized spacial score (nSPS) is 14.1. The Kier molecular flexibility index (Phi) is 25.4. The molecule has 0 amide bonds. The molecular formula is C67H85N3O12. The monoisotopic (exact) mass is 1120 g/mol. The fourth-order valence-electron chi connectivity index (χ4n) is 9.66. The van der Waals surface area contributed by atoms with Crippen LogP contribution in [0.3, 0.4) is 0 Å². The van der Waals surface area contributed by atoms with E-state index in [1.165, 1.54) is 11.1 Å². The highest BCUT2D eigenvalue weighted by molar-refractivity contribution is 5.74. The first-order valence-corrected chi connectivity index (χ1v) is 28.6. The fourth-order valence-corrected chi connectivity index (χ4v) is 9.66. The summed E-state index contributed by atoms with van der Waals surface area (Å²) in [6, 6.07) is 34.9. The maximum Gasteiger partial charge on any atom is 0.310 e. The largest absolute Gasteiger partial charge is 0.494 e. The van der Waals surface area contributed by atoms with Crippen molar-refractivity contribution in [2.45, 2.75) is 125 Å². The van der Waals surface area contributed by atoms with Crippen LogP contribution < -0.4 is 24.2 Å². The van der Waals surface area contributed by atoms with Crippen LogP contribution in [0.4, 0.5) is 17.1 Å². The second kappa shape index (κ2) is 32.8. The molecule has 0 spiro atoms. The van der Waals surface area contributed by atoms with Gasteiger partial charge in [-0.2, -0.15) is 0 Å². The third-order valence-corrected chi connectivity index (χ3v) is 14.2. The molecule has 0 aliphatic carbocycles. The van der Waals surface area contributed by atoms with E-state index in [0.717, 1.165) is 94.6 Å². The fraction of sp³-hybridized carbons (Fsp3) is 0.418. The highest BCUT2D eigenvalue weighted by atomic mass is 16.6. The molecule has 6 rings (SSSR count). The van der Waals surface area contributed by atoms with Crippen molar-refractivity contribution in [2.75, 3.05) is 74.3 Å². The van der Waals surface area contributed by atoms with E-state index < -0.39 is 36.2 Å². The number of anilines is 3. The van der Waals surface area contributed by atoms with Crippen molar-refractivity contribution in [3.63, 3.8) is 0 Å². The number of hydrogen-bond donors (Lipinski definition) is 3. The molecule has 0 radical (unpaired) electrons. The zero-order valence-electron chi connectivity index (χ0n) is 49.1. The number of esters is 3. The summed E-state index contributed by atoms with van der Waals surface area (Å²) in [5.41, 5.74) is 11.9. The minimum Gasteiger partial charge on any atom is -0.494 e. The van der Waals surface area contributed by atoms with Crippen LogP contribution in [-0.2, 0) is 65.4 Å². The van der Waals surface area contributed by atoms with Gasteiger partial charge in [-0.15, -0.1) is 0 Å². The van der Waals surface area contributed by atoms with E-state index in [-0.39, 0.29) is 58.9 Å². The van der Waals surface area contributed by atoms with Crippen molar-refractivity contribution >= 4 is 35.0 Å². The lowest BCUT2D eigenvalue weighted by Crippen LogP contribution is -2.55. The van der Waals surface area contributed by atoms with Crippen LogP contribution in [0.25, 0.3) is 0 Å². The zero-order chi connectivity index (χ0) is 59.0. The molecule has 3 N–H and O–H groups in total. The second-order valence-electron chi connectivity index (χ2n) is 21.0. The maximum absolute atomic E-state index is 13.2. The van der Waals surface area contributed by atoms with Crippen molar-refractivity contribution < 1.29 is 58.1 Å². The number of carbonyl (C=O) groups excluding carboxylic acids is 3. The molecule has 5 aromatic rings. The van der Waals surface area contributed by atoms with Crippen LogP contribution in [0.15, 0.2) is 145 Å². The molecule has 5 aromatic carbocycles. The quantitative estimate of drug-likeness (QED) is 0.0160. The summed E-state index contributed by atoms with van der Waals surface area (Å²) in [4.78, 5) is 46.1. The van der Waals surface area contributed by atoms with Crippen LogP contribution in [0.5, 0.6) is 11.5 Å². The Morgan fingerprint density at radius 1 is 0.537 bits per heavy atom. The lowest BCUT2D eigenvalue weighted by atomic mass is 10.0. The molecule has 0 bridgehead atoms. The molecule has 82 heavy (non-hydrogen) atoms. The van der Waals surface area contributed by atoms with E-state index in [2.05, 4.69) is 42.0 Å². The van der Waals surface area contributed by atoms with Gasteiger partial charge < -0.3 is 58.4 Å². The Morgan fingerprint density at radius 3 is 1.22 bits per heavy atom. The molecule has 1 fully saturated rings. The molecule has 1 aliphatic heterocycles. The highest BCUT2D eigenvalue weighted by Gasteiger charge is 2.26. The van der Waals surface area contributed by atoms with Gasteiger partial charge in [0.05, 0.1) is 64.8 Å². The lowest BCUT2D eigenvalue weighted by Gasteiger charge is -2.45. The van der Waals surface area contributed by atoms with E-state index in [0.29, 0.717) is 37.3 Å². The van der Waals surface area contributed by atoms with Gasteiger partial charge in [0.2, 0.25) is 0 Å². The number of carbonyl (C=O) groups is 3. The van der Waals surface area contributed by atoms with Crippen molar-refractivity contribution in [3.05, 3.63) is 184 Å². The van der Waals surface area contributed by atoms with E-state index in [1.807, 2.05) is 149 Å². The number of ether oxygens (including phenoxy) is 6. The molecule has 15 heteroatoms. The minimum absolute atomic E-state index is 0.000656. The minimum atomic E-state index is -0.843. The van der Waals surface area contributed by atoms with Crippen molar-refractivity contribution in [2.24, 2.45) is 0 Å². The van der Waals surface area contributed by atoms with E-state index in [1.54, 1.807) is 0 Å². The van der Waals surface area contributed by atoms with Gasteiger partial charge in [-0.25, -0.2) is 0 Å². The maximum atomic E-state index is 13.2. The van der Waals surface area contributed by atoms with Gasteiger partial charge >= 0.3 is 17.9 Å². The number of aryl methyl sites for hydroxylation is 4. The number of rotatable bonds is 32. The standard InChI is InChI=1S/C67H85N3O12/c1-9-13-54(12-4)47(5)32-50(8)77-41-62(38-71)80-65(74)35-51-16-24-57(25-17-51)68-44-69(58-26-18-52(19-27-58)36-66(75)81-63(39-72)42-78-60-30-22-55(14-10-2)48(6)33-60)46-70(45-68)59-28-20-53(21-29-59)37-67(76)82-64(40-73)43-79-61-31-23-56(15-11-3)49(7)34-61/h12,16-34,62-64,71-73H,4,9-11,13-15,35-46H2,1-3,5-8H3/b50-32+,54-47+. The number of benzene rings is 5. The Hall–Kier alpha value is -7.59. The summed E-state index contributed by atoms with van der Waals surface area (Å²) in [5.74, 6) is 0.489. The van der Waals surface area contributed by atoms with Gasteiger partial charge in [-0.3, -0.25) is 14.4 Å². The first-order chi connectivity index (χ1) is 39.6. The summed E-state index contributed by atoms with van der Waals surface area (Å²) in [6.45, 7) is 18.6. The molecule has 3 atom stereocenters. The highest BCUT2D eigenvalue weighted by Crippen LogP contribution is 2.29. The Labute approximate surface area is 485 Å². The van der Waals surface area contributed by atoms with Crippen molar-refractivity contribution in [3.8, 4) is 11.5 Å². The third kappa shape index (κ3) is 19.8. The third-order valence-electron chi connectivity index (χ3n) is 14.2. The molecule has 0 aromatic heterocycles. The first-order valence-electron chi connectivity index (χ1n) is 28.6. The molecule has 1 saturated heterocycles. The smallest absolute Gasteiger partial charge is 0.310 e. The number of aliphatic hydroxyl groups is 3. The molecule has 15 nitrogen and oxygen atoms in total. The zero-order valence-corrected chi connectivity index (χ0v) is 49.1. The Balaban J connectivity index is 1.11. The first kappa shape index (κ1) is 63.6. The van der Waals surface area contributed by atoms with E-state index in [4.69, 9.17) is 28.4 Å². The summed E-state index contributed by atoms with van der Waals surface area (Å²) < 4.78 is 34.6. The lowest BCUT2D eigenvalue weighted by molar-refractivity contribution is -0.153. The van der Waals surface area contributed by atoms with Gasteiger partial charge in [-0.05, 0) is 164 Å². The van der Waals surface area contributed by atoms with Gasteiger partial charge in [0.25, 0.3) is 0 Å². The van der Waals surface area contributed by atoms with Crippen LogP contribution in [0.2, 0.25) is 0 Å². The summed E-state index contributed by atoms with van der Waals surface area (Å²) in [6.07, 6.45) is 7.22. The Bertz CT molecular complexity index is 2770. The summed E-state index contributed by atoms with van der Waals surface area (Å²) in [5, 5.41) is 30.2. The van der Waals surface area contributed by atoms with E-state index >= 15 is 0 Å². The topological polar surface area (TPSA) is 177 Å². The average Bonchev–Trinajstić information content (AvgIpc) is 3.59. The SMILES string of the molecule is C=C/C(CCC)=C(C)\C=C(/C)OCC(CO)OC(=O)Cc1ccc(N2CN(c3ccc(CC(=O)OC(CO)COc4ccc(CCC)c(C)c4)cc3)CN(c3ccc(CC(=O)OC(CO)COc4ccc(CCC)c(C)c4)cc3)C2)cc1. The molecule has 3 unspecified atom stereocenters. The number of aliphatic hydroxyl groups excluding tert-OH is 3. The van der Waals surface area contributed by atoms with Gasteiger partial charge in [-0.1, -0.05) is 101 Å². The second-order valence-corrected chi connectivity index (χ2v) is 21.0. The summed E-state index contributed by atoms with van der Waals surface area (Å²) in [7, 11) is 0. The average molecular weight is 1120 g/mol. The van der Waals surface area contributed by atoms with Crippen LogP contribution in [0.1, 0.15) is 99.2 Å². The molecular weight excluding hydrogens is 1040 g/mol. The van der Waals surface area contributed by atoms with Gasteiger partial charge in [0, 0.05) is 17.1 Å². The van der Waals surface area contributed by atoms with Crippen LogP contribution in [-0.4, -0.2) is 111 Å². The molecule has 1 heterocycles. The number of nitrogens with zero attached hydrogens (tertiary/aromatic N) is 3. The summed E-state index contributed by atoms with van der Waals surface area (Å²) >= 11 is 0. The van der Waals surface area contributed by atoms with Crippen LogP contribution in [0, 0.1) is 13.8 Å². The predicted molar refractivity (Wildman–Crippen MR) is 322 cm³/mol. The number of hydrogen-bond acceptors (Lipinski definition) is 15. The van der Waals surface area contributed by atoms with Gasteiger partial charge in [0.15, 0.2) is 18.3 Å². The van der Waals surface area contributed by atoms with Crippen molar-refractivity contribution in [1.29, 1.82) is 0 Å². The predicted octanol–water partition coefficient (Wildman–Crippen LogP) is 10.6. The van der Waals surface area contributed by atoms with Crippen molar-refractivity contribution in [1.82, 2.24) is 0 Å². The van der Waals surface area contributed by atoms with E-state index in [9.17, 15) is 29.7 Å².